The van der Waals surface area contributed by atoms with E-state index in [0.717, 1.165) is 58.7 Å². The Bertz CT molecular complexity index is 1250. The Morgan fingerprint density at radius 3 is 2.79 bits per heavy atom. The van der Waals surface area contributed by atoms with Crippen molar-refractivity contribution in [2.24, 2.45) is 0 Å². The summed E-state index contributed by atoms with van der Waals surface area (Å²) in [5.74, 6) is -0.139. The standard InChI is InChI=1S/C27H28N4O2S/c1-33-27(32)12-3-2-7-18-29-24-10-4-5-11-26(24)34-21-14-15-22-23(30-31-25(22)19-21)16-13-20-9-6-8-17-28-20/h4-6,8-11,13-17,19,29H,2-3,7,12,18H2,1H3,(H,30,31). The van der Waals surface area contributed by atoms with Gasteiger partial charge >= 0.3 is 5.97 Å². The van der Waals surface area contributed by atoms with Crippen molar-refractivity contribution >= 4 is 46.5 Å². The number of carbonyl (C=O) groups is 1. The number of ether oxygens (including phenoxy) is 1. The Morgan fingerprint density at radius 2 is 1.94 bits per heavy atom. The molecule has 0 unspecified atom stereocenters. The van der Waals surface area contributed by atoms with Crippen LogP contribution in [-0.2, 0) is 9.53 Å². The fourth-order valence-electron chi connectivity index (χ4n) is 3.57. The first-order valence-electron chi connectivity index (χ1n) is 11.4. The summed E-state index contributed by atoms with van der Waals surface area (Å²) in [6, 6.07) is 20.5. The normalized spacial score (nSPS) is 11.2. The molecule has 4 rings (SSSR count). The SMILES string of the molecule is COC(=O)CCCCCNc1ccccc1Sc1ccc2c(C=Cc3ccccn3)n[nH]c2c1. The number of fused-ring (bicyclic) bond motifs is 1. The number of benzene rings is 2. The van der Waals surface area contributed by atoms with E-state index in [9.17, 15) is 4.79 Å². The molecule has 2 aromatic heterocycles. The van der Waals surface area contributed by atoms with E-state index in [0.29, 0.717) is 6.42 Å². The highest BCUT2D eigenvalue weighted by Crippen LogP contribution is 2.35. The highest BCUT2D eigenvalue weighted by Gasteiger charge is 2.08. The molecule has 0 saturated heterocycles. The van der Waals surface area contributed by atoms with Gasteiger partial charge in [-0.1, -0.05) is 36.4 Å². The zero-order valence-electron chi connectivity index (χ0n) is 19.2. The highest BCUT2D eigenvalue weighted by atomic mass is 32.2. The van der Waals surface area contributed by atoms with Crippen LogP contribution in [0.5, 0.6) is 0 Å². The van der Waals surface area contributed by atoms with E-state index < -0.39 is 0 Å². The van der Waals surface area contributed by atoms with Gasteiger partial charge in [0.2, 0.25) is 0 Å². The van der Waals surface area contributed by atoms with Gasteiger partial charge < -0.3 is 10.1 Å². The number of H-pyrrole nitrogens is 1. The topological polar surface area (TPSA) is 79.9 Å². The average Bonchev–Trinajstić information content (AvgIpc) is 3.28. The van der Waals surface area contributed by atoms with Gasteiger partial charge in [0.05, 0.1) is 24.0 Å². The number of nitrogens with zero attached hydrogens (tertiary/aromatic N) is 2. The van der Waals surface area contributed by atoms with Crippen molar-refractivity contribution in [2.75, 3.05) is 19.0 Å². The lowest BCUT2D eigenvalue weighted by Gasteiger charge is -2.12. The lowest BCUT2D eigenvalue weighted by molar-refractivity contribution is -0.140. The predicted molar refractivity (Wildman–Crippen MR) is 139 cm³/mol. The van der Waals surface area contributed by atoms with E-state index in [-0.39, 0.29) is 5.97 Å². The second-order valence-corrected chi connectivity index (χ2v) is 8.93. The highest BCUT2D eigenvalue weighted by molar-refractivity contribution is 7.99. The number of unbranched alkanes of at least 4 members (excludes halogenated alkanes) is 2. The number of anilines is 1. The molecule has 0 amide bonds. The van der Waals surface area contributed by atoms with Crippen LogP contribution < -0.4 is 5.32 Å². The predicted octanol–water partition coefficient (Wildman–Crippen LogP) is 6.42. The van der Waals surface area contributed by atoms with Crippen molar-refractivity contribution in [3.8, 4) is 0 Å². The van der Waals surface area contributed by atoms with Crippen LogP contribution in [0, 0.1) is 0 Å². The monoisotopic (exact) mass is 472 g/mol. The van der Waals surface area contributed by atoms with Crippen LogP contribution >= 0.6 is 11.8 Å². The fourth-order valence-corrected chi connectivity index (χ4v) is 4.54. The molecule has 7 heteroatoms. The number of nitrogens with one attached hydrogen (secondary N) is 2. The zero-order valence-corrected chi connectivity index (χ0v) is 20.0. The minimum atomic E-state index is -0.139. The van der Waals surface area contributed by atoms with Gasteiger partial charge in [-0.25, -0.2) is 0 Å². The maximum atomic E-state index is 11.2. The number of carbonyl (C=O) groups excluding carboxylic acids is 1. The second kappa shape index (κ2) is 12.0. The summed E-state index contributed by atoms with van der Waals surface area (Å²) in [5.41, 5.74) is 3.91. The third-order valence-corrected chi connectivity index (χ3v) is 6.44. The molecule has 2 heterocycles. The molecule has 2 N–H and O–H groups in total. The van der Waals surface area contributed by atoms with Crippen molar-refractivity contribution in [3.05, 3.63) is 78.2 Å². The van der Waals surface area contributed by atoms with Crippen LogP contribution in [0.25, 0.3) is 23.1 Å². The number of aromatic nitrogens is 3. The van der Waals surface area contributed by atoms with Gasteiger partial charge in [-0.2, -0.15) is 5.10 Å². The Morgan fingerprint density at radius 1 is 1.06 bits per heavy atom. The Hall–Kier alpha value is -3.58. The van der Waals surface area contributed by atoms with E-state index in [1.807, 2.05) is 36.4 Å². The smallest absolute Gasteiger partial charge is 0.305 e. The molecule has 34 heavy (non-hydrogen) atoms. The van der Waals surface area contributed by atoms with Crippen LogP contribution in [-0.4, -0.2) is 34.8 Å². The minimum absolute atomic E-state index is 0.139. The third-order valence-electron chi connectivity index (χ3n) is 5.38. The summed E-state index contributed by atoms with van der Waals surface area (Å²) in [6.45, 7) is 0.865. The average molecular weight is 473 g/mol. The maximum Gasteiger partial charge on any atom is 0.305 e. The molecule has 0 bridgehead atoms. The summed E-state index contributed by atoms with van der Waals surface area (Å²) in [4.78, 5) is 17.8. The van der Waals surface area contributed by atoms with Crippen LogP contribution in [0.15, 0.2) is 76.7 Å². The second-order valence-electron chi connectivity index (χ2n) is 7.82. The largest absolute Gasteiger partial charge is 0.469 e. The number of aromatic amines is 1. The third kappa shape index (κ3) is 6.48. The molecule has 0 fully saturated rings. The molecule has 174 valence electrons. The molecular weight excluding hydrogens is 444 g/mol. The molecule has 0 radical (unpaired) electrons. The Balaban J connectivity index is 1.37. The van der Waals surface area contributed by atoms with E-state index in [1.54, 1.807) is 18.0 Å². The van der Waals surface area contributed by atoms with E-state index >= 15 is 0 Å². The summed E-state index contributed by atoms with van der Waals surface area (Å²) in [6.07, 6.45) is 9.07. The Labute approximate surface area is 203 Å². The molecule has 2 aromatic carbocycles. The lowest BCUT2D eigenvalue weighted by Crippen LogP contribution is -2.04. The minimum Gasteiger partial charge on any atom is -0.469 e. The molecule has 0 aliphatic carbocycles. The van der Waals surface area contributed by atoms with Gasteiger partial charge in [-0.15, -0.1) is 0 Å². The molecule has 4 aromatic rings. The van der Waals surface area contributed by atoms with Gasteiger partial charge in [-0.3, -0.25) is 14.9 Å². The van der Waals surface area contributed by atoms with Crippen molar-refractivity contribution < 1.29 is 9.53 Å². The number of esters is 1. The van der Waals surface area contributed by atoms with Gasteiger partial charge in [0, 0.05) is 40.0 Å². The van der Waals surface area contributed by atoms with E-state index in [4.69, 9.17) is 0 Å². The first-order valence-corrected chi connectivity index (χ1v) is 12.2. The summed E-state index contributed by atoms with van der Waals surface area (Å²) in [5, 5.41) is 12.2. The van der Waals surface area contributed by atoms with Crippen LogP contribution in [0.4, 0.5) is 5.69 Å². The van der Waals surface area contributed by atoms with Gasteiger partial charge in [-0.05, 0) is 67.5 Å². The van der Waals surface area contributed by atoms with Gasteiger partial charge in [0.15, 0.2) is 0 Å². The fraction of sp³-hybridized carbons (Fsp3) is 0.222. The molecule has 0 aliphatic heterocycles. The van der Waals surface area contributed by atoms with Crippen molar-refractivity contribution in [1.82, 2.24) is 15.2 Å². The van der Waals surface area contributed by atoms with Crippen molar-refractivity contribution in [3.63, 3.8) is 0 Å². The molecule has 0 saturated carbocycles. The summed E-state index contributed by atoms with van der Waals surface area (Å²) < 4.78 is 4.69. The number of hydrogen-bond donors (Lipinski definition) is 2. The van der Waals surface area contributed by atoms with Crippen molar-refractivity contribution in [2.45, 2.75) is 35.5 Å². The molecule has 0 atom stereocenters. The first kappa shape index (κ1) is 23.6. The summed E-state index contributed by atoms with van der Waals surface area (Å²) >= 11 is 1.72. The van der Waals surface area contributed by atoms with Gasteiger partial charge in [0.1, 0.15) is 0 Å². The lowest BCUT2D eigenvalue weighted by atomic mass is 10.2. The zero-order chi connectivity index (χ0) is 23.6. The number of rotatable bonds is 11. The van der Waals surface area contributed by atoms with E-state index in [2.05, 4.69) is 61.6 Å². The molecule has 0 spiro atoms. The molecule has 6 nitrogen and oxygen atoms in total. The number of hydrogen-bond acceptors (Lipinski definition) is 6. The molecular formula is C27H28N4O2S. The number of methoxy groups -OCH3 is 1. The van der Waals surface area contributed by atoms with Crippen LogP contribution in [0.2, 0.25) is 0 Å². The van der Waals surface area contributed by atoms with Crippen LogP contribution in [0.3, 0.4) is 0 Å². The van der Waals surface area contributed by atoms with Gasteiger partial charge in [0.25, 0.3) is 0 Å². The Kier molecular flexibility index (Phi) is 8.35. The summed E-state index contributed by atoms with van der Waals surface area (Å²) in [7, 11) is 1.43. The first-order chi connectivity index (χ1) is 16.7. The van der Waals surface area contributed by atoms with Crippen molar-refractivity contribution in [1.29, 1.82) is 0 Å². The van der Waals surface area contributed by atoms with E-state index in [1.165, 1.54) is 12.0 Å². The quantitative estimate of drug-likeness (QED) is 0.194. The number of pyridine rings is 1. The maximum absolute atomic E-state index is 11.2. The number of para-hydroxylation sites is 1. The molecule has 0 aliphatic rings. The van der Waals surface area contributed by atoms with Crippen LogP contribution in [0.1, 0.15) is 37.1 Å².